The minimum Gasteiger partial charge on any atom is -0.388 e. The van der Waals surface area contributed by atoms with Crippen LogP contribution in [0.1, 0.15) is 70.6 Å². The summed E-state index contributed by atoms with van der Waals surface area (Å²) in [7, 11) is 0. The number of aromatic nitrogens is 6. The number of carbonyl (C=O) groups is 5. The average Bonchev–Trinajstić information content (AvgIpc) is 3.76. The molecule has 0 spiro atoms. The number of nitrogens with two attached hydrogens (primary N) is 1. The molecule has 12 N–H and O–H groups in total. The van der Waals surface area contributed by atoms with Crippen molar-refractivity contribution in [3.05, 3.63) is 68.5 Å². The maximum atomic E-state index is 13.1. The van der Waals surface area contributed by atoms with Crippen LogP contribution in [-0.2, 0) is 4.79 Å². The van der Waals surface area contributed by atoms with Crippen LogP contribution in [0, 0.1) is 33.1 Å². The van der Waals surface area contributed by atoms with E-state index in [1.807, 2.05) is 0 Å². The monoisotopic (exact) mass is 709 g/mol. The molecule has 18 nitrogen and oxygen atoms in total. The fourth-order valence-electron chi connectivity index (χ4n) is 4.32. The zero-order valence-corrected chi connectivity index (χ0v) is 27.3. The van der Waals surface area contributed by atoms with E-state index in [9.17, 15) is 24.0 Å². The van der Waals surface area contributed by atoms with Gasteiger partial charge in [0.2, 0.25) is 0 Å². The van der Waals surface area contributed by atoms with E-state index in [1.54, 1.807) is 27.7 Å². The lowest BCUT2D eigenvalue weighted by molar-refractivity contribution is -0.112. The first-order valence-electron chi connectivity index (χ1n) is 13.9. The second kappa shape index (κ2) is 14.0. The van der Waals surface area contributed by atoms with Gasteiger partial charge in [0, 0.05) is 47.6 Å². The number of amides is 5. The summed E-state index contributed by atoms with van der Waals surface area (Å²) in [6.45, 7) is 10.2. The normalized spacial score (nSPS) is 10.7. The van der Waals surface area contributed by atoms with E-state index < -0.39 is 29.5 Å². The van der Waals surface area contributed by atoms with Crippen LogP contribution in [0.2, 0.25) is 0 Å². The van der Waals surface area contributed by atoms with Crippen molar-refractivity contribution in [2.24, 2.45) is 5.73 Å². The van der Waals surface area contributed by atoms with Crippen molar-refractivity contribution >= 4 is 74.3 Å². The number of hydrogen-bond acceptors (Lipinski definition) is 8. The van der Waals surface area contributed by atoms with Crippen LogP contribution >= 0.6 is 15.9 Å². The lowest BCUT2D eigenvalue weighted by Gasteiger charge is -2.07. The molecule has 0 atom stereocenters. The molecular formula is C28H32BrN13O5. The lowest BCUT2D eigenvalue weighted by atomic mass is 10.2. The number of halogens is 1. The zero-order valence-electron chi connectivity index (χ0n) is 25.7. The van der Waals surface area contributed by atoms with Gasteiger partial charge in [-0.15, -0.1) is 0 Å². The average molecular weight is 711 g/mol. The predicted molar refractivity (Wildman–Crippen MR) is 177 cm³/mol. The van der Waals surface area contributed by atoms with E-state index in [4.69, 9.17) is 11.1 Å². The number of aromatic amines is 4. The number of H-pyrrole nitrogens is 4. The summed E-state index contributed by atoms with van der Waals surface area (Å²) >= 11 is 3.00. The molecule has 0 aliphatic rings. The van der Waals surface area contributed by atoms with Gasteiger partial charge in [0.05, 0.1) is 21.7 Å². The minimum atomic E-state index is -0.579. The third-order valence-corrected chi connectivity index (χ3v) is 7.45. The van der Waals surface area contributed by atoms with Gasteiger partial charge in [-0.05, 0) is 43.6 Å². The molecule has 0 fully saturated rings. The first kappa shape index (κ1) is 33.9. The molecule has 0 aromatic carbocycles. The molecular weight excluding hydrogens is 678 g/mol. The molecule has 0 bridgehead atoms. The number of carbonyl (C=O) groups excluding carboxylic acids is 5. The maximum absolute atomic E-state index is 13.1. The van der Waals surface area contributed by atoms with Gasteiger partial charge in [-0.25, -0.2) is 0 Å². The third kappa shape index (κ3) is 7.47. The molecule has 0 saturated carbocycles. The molecule has 47 heavy (non-hydrogen) atoms. The Balaban J connectivity index is 1.39. The van der Waals surface area contributed by atoms with Crippen molar-refractivity contribution < 1.29 is 24.0 Å². The van der Waals surface area contributed by atoms with E-state index in [0.29, 0.717) is 33.6 Å². The fraction of sp³-hybridized carbons (Fsp3) is 0.214. The number of hydrogen-bond donors (Lipinski definition) is 11. The van der Waals surface area contributed by atoms with Crippen molar-refractivity contribution in [2.45, 2.75) is 34.1 Å². The topological polar surface area (TPSA) is 284 Å². The number of rotatable bonds is 12. The summed E-state index contributed by atoms with van der Waals surface area (Å²) < 4.78 is 0.126. The highest BCUT2D eigenvalue weighted by molar-refractivity contribution is 9.12. The molecule has 19 heteroatoms. The Morgan fingerprint density at radius 1 is 0.745 bits per heavy atom. The Labute approximate surface area is 275 Å². The van der Waals surface area contributed by atoms with Crippen LogP contribution in [0.15, 0.2) is 23.5 Å². The second-order valence-electron chi connectivity index (χ2n) is 10.3. The van der Waals surface area contributed by atoms with Crippen molar-refractivity contribution in [3.63, 3.8) is 0 Å². The Kier molecular flexibility index (Phi) is 10.1. The Hall–Kier alpha value is -5.98. The van der Waals surface area contributed by atoms with Crippen LogP contribution in [0.4, 0.5) is 23.0 Å². The van der Waals surface area contributed by atoms with Crippen LogP contribution < -0.4 is 32.3 Å². The van der Waals surface area contributed by atoms with E-state index in [1.165, 1.54) is 12.4 Å². The molecule has 246 valence electrons. The van der Waals surface area contributed by atoms with Gasteiger partial charge in [0.1, 0.15) is 22.8 Å². The van der Waals surface area contributed by atoms with Gasteiger partial charge < -0.3 is 42.3 Å². The largest absolute Gasteiger partial charge is 0.388 e. The Morgan fingerprint density at radius 2 is 1.19 bits per heavy atom. The van der Waals surface area contributed by atoms with Crippen LogP contribution in [0.25, 0.3) is 0 Å². The van der Waals surface area contributed by atoms with Crippen LogP contribution in [0.3, 0.4) is 0 Å². The molecule has 4 aromatic rings. The Morgan fingerprint density at radius 3 is 1.66 bits per heavy atom. The molecule has 0 unspecified atom stereocenters. The lowest BCUT2D eigenvalue weighted by Crippen LogP contribution is -2.28. The molecule has 4 aromatic heterocycles. The van der Waals surface area contributed by atoms with Gasteiger partial charge >= 0.3 is 0 Å². The first-order valence-corrected chi connectivity index (χ1v) is 14.7. The van der Waals surface area contributed by atoms with Crippen LogP contribution in [-0.4, -0.2) is 72.3 Å². The summed E-state index contributed by atoms with van der Waals surface area (Å²) in [6, 6.07) is 0. The molecule has 0 saturated heterocycles. The second-order valence-corrected chi connectivity index (χ2v) is 11.3. The summed E-state index contributed by atoms with van der Waals surface area (Å²) in [5, 5.41) is 33.7. The maximum Gasteiger partial charge on any atom is 0.274 e. The van der Waals surface area contributed by atoms with Gasteiger partial charge in [0.15, 0.2) is 11.6 Å². The Bertz CT molecular complexity index is 1930. The highest BCUT2D eigenvalue weighted by Crippen LogP contribution is 2.25. The van der Waals surface area contributed by atoms with Gasteiger partial charge in [-0.3, -0.25) is 39.6 Å². The zero-order chi connectivity index (χ0) is 34.6. The standard InChI is InChI=1S/C28H32BrN13O5/c1-10-15(35-24(43)14(5)29)8-33-18(10)26(45)38-23-13(4)21(40-42-23)28(47)36-16-9-34-19(11(16)2)27(46)37-22-12(3)20(39-41-22)25(44)32-7-6-17(30)31/h8-9,33-34H,5-7H2,1-4H3,(H3,30,31)(H,32,44)(H,35,43)(H,36,47)(H2,37,39,41,46)(H2,38,40,42,45). The van der Waals surface area contributed by atoms with Crippen molar-refractivity contribution in [3.8, 4) is 0 Å². The molecule has 0 aliphatic heterocycles. The van der Waals surface area contributed by atoms with Crippen molar-refractivity contribution in [1.29, 1.82) is 5.41 Å². The smallest absolute Gasteiger partial charge is 0.274 e. The molecule has 4 rings (SSSR count). The van der Waals surface area contributed by atoms with Crippen molar-refractivity contribution in [1.82, 2.24) is 35.7 Å². The first-order chi connectivity index (χ1) is 22.2. The van der Waals surface area contributed by atoms with Gasteiger partial charge in [0.25, 0.3) is 29.5 Å². The molecule has 4 heterocycles. The number of anilines is 4. The van der Waals surface area contributed by atoms with E-state index in [0.717, 1.165) is 0 Å². The summed E-state index contributed by atoms with van der Waals surface area (Å²) in [6.07, 6.45) is 3.10. The highest BCUT2D eigenvalue weighted by atomic mass is 79.9. The molecule has 0 aliphatic carbocycles. The van der Waals surface area contributed by atoms with E-state index in [-0.39, 0.29) is 57.7 Å². The minimum absolute atomic E-state index is 0.0603. The van der Waals surface area contributed by atoms with E-state index >= 15 is 0 Å². The predicted octanol–water partition coefficient (Wildman–Crippen LogP) is 2.68. The number of nitrogens with zero attached hydrogens (tertiary/aromatic N) is 2. The summed E-state index contributed by atoms with van der Waals surface area (Å²) in [4.78, 5) is 69.1. The summed E-state index contributed by atoms with van der Waals surface area (Å²) in [5.74, 6) is -2.44. The highest BCUT2D eigenvalue weighted by Gasteiger charge is 2.24. The molecule has 5 amide bonds. The SMILES string of the molecule is C=C(Br)C(=O)Nc1c[nH]c(C(=O)Nc2n[nH]c(C(=O)Nc3c[nH]c(C(=O)Nc4n[nH]c(C(=O)NCCC(=N)N)c4C)c3C)c2C)c1C. The fourth-order valence-corrected chi connectivity index (χ4v) is 4.42. The molecule has 0 radical (unpaired) electrons. The number of nitrogens with one attached hydrogen (secondary N) is 10. The quantitative estimate of drug-likeness (QED) is 0.0589. The third-order valence-electron chi connectivity index (χ3n) is 7.09. The summed E-state index contributed by atoms with van der Waals surface area (Å²) in [5.41, 5.74) is 8.19. The van der Waals surface area contributed by atoms with Gasteiger partial charge in [-0.2, -0.15) is 10.2 Å². The van der Waals surface area contributed by atoms with E-state index in [2.05, 4.69) is 79.5 Å². The van der Waals surface area contributed by atoms with Crippen molar-refractivity contribution in [2.75, 3.05) is 27.8 Å². The number of amidine groups is 1. The van der Waals surface area contributed by atoms with Crippen LogP contribution in [0.5, 0.6) is 0 Å². The van der Waals surface area contributed by atoms with Gasteiger partial charge in [-0.1, -0.05) is 6.58 Å².